The number of halogens is 1. The van der Waals surface area contributed by atoms with E-state index in [0.29, 0.717) is 42.4 Å². The summed E-state index contributed by atoms with van der Waals surface area (Å²) in [6.45, 7) is 0.863. The van der Waals surface area contributed by atoms with Crippen molar-refractivity contribution in [2.45, 2.75) is 19.6 Å². The molecule has 5 heterocycles. The van der Waals surface area contributed by atoms with Gasteiger partial charge in [-0.1, -0.05) is 0 Å². The van der Waals surface area contributed by atoms with E-state index in [4.69, 9.17) is 4.74 Å². The van der Waals surface area contributed by atoms with Crippen molar-refractivity contribution in [3.8, 4) is 11.6 Å². The molecule has 0 atom stereocenters. The molecule has 1 aliphatic heterocycles. The fourth-order valence-corrected chi connectivity index (χ4v) is 4.11. The van der Waals surface area contributed by atoms with E-state index in [0.717, 1.165) is 22.8 Å². The summed E-state index contributed by atoms with van der Waals surface area (Å²) in [4.78, 5) is 34.1. The predicted octanol–water partition coefficient (Wildman–Crippen LogP) is 2.87. The molecule has 0 aromatic carbocycles. The van der Waals surface area contributed by atoms with Gasteiger partial charge in [0.15, 0.2) is 0 Å². The van der Waals surface area contributed by atoms with Gasteiger partial charge >= 0.3 is 6.09 Å². The van der Waals surface area contributed by atoms with Crippen LogP contribution < -0.4 is 10.3 Å². The van der Waals surface area contributed by atoms with Gasteiger partial charge in [-0.2, -0.15) is 0 Å². The molecular formula is C23H20FN5O4. The van der Waals surface area contributed by atoms with Crippen molar-refractivity contribution in [2.75, 3.05) is 6.54 Å². The number of aryl methyl sites for hydroxylation is 1. The number of aromatic nitrogens is 4. The van der Waals surface area contributed by atoms with Gasteiger partial charge in [-0.05, 0) is 30.3 Å². The van der Waals surface area contributed by atoms with Gasteiger partial charge in [0, 0.05) is 48.9 Å². The normalized spacial score (nSPS) is 13.2. The summed E-state index contributed by atoms with van der Waals surface area (Å²) in [6, 6.07) is 9.44. The average Bonchev–Trinajstić information content (AvgIpc) is 3.09. The predicted molar refractivity (Wildman–Crippen MR) is 117 cm³/mol. The maximum Gasteiger partial charge on any atom is 0.407 e. The minimum atomic E-state index is -0.939. The molecule has 0 saturated heterocycles. The first-order valence-corrected chi connectivity index (χ1v) is 10.3. The molecule has 0 aliphatic carbocycles. The number of fused-ring (bicyclic) bond motifs is 3. The van der Waals surface area contributed by atoms with E-state index in [-0.39, 0.29) is 12.2 Å². The molecule has 0 spiro atoms. The third-order valence-corrected chi connectivity index (χ3v) is 5.81. The Morgan fingerprint density at radius 2 is 2.09 bits per heavy atom. The van der Waals surface area contributed by atoms with E-state index in [1.165, 1.54) is 27.7 Å². The van der Waals surface area contributed by atoms with E-state index in [9.17, 15) is 19.1 Å². The third kappa shape index (κ3) is 3.79. The Hall–Kier alpha value is -4.21. The molecule has 0 saturated carbocycles. The monoisotopic (exact) mass is 449 g/mol. The number of hydrogen-bond acceptors (Lipinski definition) is 5. The lowest BCUT2D eigenvalue weighted by atomic mass is 10.1. The lowest BCUT2D eigenvalue weighted by molar-refractivity contribution is 0.139. The van der Waals surface area contributed by atoms with Crippen LogP contribution in [0, 0.1) is 5.82 Å². The standard InChI is InChI=1S/C23H20FN5O4/c1-27-19-7-8-28(23(31)32)12-18(19)17-4-5-20(26-22(17)27)29-9-6-16(10-21(29)30)33-13-15-3-2-14(24)11-25-15/h2-6,9-11H,7-8,12-13H2,1H3,(H,31,32). The number of nitrogens with zero attached hydrogens (tertiary/aromatic N) is 5. The zero-order chi connectivity index (χ0) is 23.1. The molecule has 4 aromatic rings. The molecule has 0 fully saturated rings. The van der Waals surface area contributed by atoms with Crippen molar-refractivity contribution in [3.63, 3.8) is 0 Å². The lowest BCUT2D eigenvalue weighted by Crippen LogP contribution is -2.34. The molecule has 1 N–H and O–H groups in total. The van der Waals surface area contributed by atoms with Crippen LogP contribution in [-0.4, -0.2) is 41.7 Å². The Bertz CT molecular complexity index is 1430. The zero-order valence-corrected chi connectivity index (χ0v) is 17.7. The zero-order valence-electron chi connectivity index (χ0n) is 17.7. The van der Waals surface area contributed by atoms with E-state index in [1.807, 2.05) is 17.7 Å². The molecule has 9 nitrogen and oxygen atoms in total. The highest BCUT2D eigenvalue weighted by Crippen LogP contribution is 2.30. The van der Waals surface area contributed by atoms with Crippen LogP contribution in [0.2, 0.25) is 0 Å². The number of carbonyl (C=O) groups is 1. The highest BCUT2D eigenvalue weighted by atomic mass is 19.1. The van der Waals surface area contributed by atoms with Crippen molar-refractivity contribution in [3.05, 3.63) is 81.9 Å². The van der Waals surface area contributed by atoms with Crippen LogP contribution in [0.4, 0.5) is 9.18 Å². The van der Waals surface area contributed by atoms with Crippen molar-refractivity contribution >= 4 is 17.1 Å². The topological polar surface area (TPSA) is 102 Å². The Morgan fingerprint density at radius 3 is 2.82 bits per heavy atom. The van der Waals surface area contributed by atoms with E-state index in [1.54, 1.807) is 18.3 Å². The first-order chi connectivity index (χ1) is 15.9. The van der Waals surface area contributed by atoms with Crippen molar-refractivity contribution in [2.24, 2.45) is 7.05 Å². The Labute approximate surface area is 187 Å². The maximum atomic E-state index is 13.0. The number of rotatable bonds is 4. The highest BCUT2D eigenvalue weighted by molar-refractivity contribution is 5.84. The summed E-state index contributed by atoms with van der Waals surface area (Å²) < 4.78 is 21.9. The van der Waals surface area contributed by atoms with E-state index in [2.05, 4.69) is 9.97 Å². The number of hydrogen-bond donors (Lipinski definition) is 1. The average molecular weight is 449 g/mol. The first-order valence-electron chi connectivity index (χ1n) is 10.3. The van der Waals surface area contributed by atoms with Crippen LogP contribution in [0.5, 0.6) is 5.75 Å². The summed E-state index contributed by atoms with van der Waals surface area (Å²) >= 11 is 0. The molecular weight excluding hydrogens is 429 g/mol. The molecule has 33 heavy (non-hydrogen) atoms. The quantitative estimate of drug-likeness (QED) is 0.514. The fraction of sp³-hybridized carbons (Fsp3) is 0.217. The van der Waals surface area contributed by atoms with E-state index < -0.39 is 11.9 Å². The number of ether oxygens (including phenoxy) is 1. The fourth-order valence-electron chi connectivity index (χ4n) is 4.11. The van der Waals surface area contributed by atoms with Gasteiger partial charge in [0.2, 0.25) is 0 Å². The van der Waals surface area contributed by atoms with Crippen LogP contribution in [-0.2, 0) is 26.6 Å². The Balaban J connectivity index is 1.42. The molecule has 0 radical (unpaired) electrons. The summed E-state index contributed by atoms with van der Waals surface area (Å²) in [5, 5.41) is 10.2. The minimum absolute atomic E-state index is 0.107. The lowest BCUT2D eigenvalue weighted by Gasteiger charge is -2.25. The van der Waals surface area contributed by atoms with Gasteiger partial charge < -0.3 is 19.3 Å². The first kappa shape index (κ1) is 20.7. The highest BCUT2D eigenvalue weighted by Gasteiger charge is 2.26. The van der Waals surface area contributed by atoms with Crippen LogP contribution >= 0.6 is 0 Å². The third-order valence-electron chi connectivity index (χ3n) is 5.81. The van der Waals surface area contributed by atoms with Gasteiger partial charge in [-0.3, -0.25) is 14.3 Å². The second-order valence-corrected chi connectivity index (χ2v) is 7.81. The summed E-state index contributed by atoms with van der Waals surface area (Å²) in [6.07, 6.45) is 2.36. The molecule has 0 bridgehead atoms. The molecule has 168 valence electrons. The largest absolute Gasteiger partial charge is 0.487 e. The summed E-state index contributed by atoms with van der Waals surface area (Å²) in [5.74, 6) is 0.392. The van der Waals surface area contributed by atoms with Crippen molar-refractivity contribution in [1.29, 1.82) is 0 Å². The van der Waals surface area contributed by atoms with Crippen LogP contribution in [0.3, 0.4) is 0 Å². The second kappa shape index (κ2) is 8.05. The van der Waals surface area contributed by atoms with E-state index >= 15 is 0 Å². The van der Waals surface area contributed by atoms with Gasteiger partial charge in [0.05, 0.1) is 18.4 Å². The minimum Gasteiger partial charge on any atom is -0.487 e. The van der Waals surface area contributed by atoms with Crippen molar-refractivity contribution < 1.29 is 19.0 Å². The van der Waals surface area contributed by atoms with Gasteiger partial charge in [-0.15, -0.1) is 0 Å². The molecule has 10 heteroatoms. The maximum absolute atomic E-state index is 13.0. The SMILES string of the molecule is Cn1c2c(c3ccc(-n4ccc(OCc5ccc(F)cn5)cc4=O)nc31)CN(C(=O)O)CC2. The Kier molecular flexibility index (Phi) is 5.04. The van der Waals surface area contributed by atoms with Gasteiger partial charge in [-0.25, -0.2) is 14.2 Å². The van der Waals surface area contributed by atoms with Crippen molar-refractivity contribution in [1.82, 2.24) is 24.0 Å². The number of amides is 1. The second-order valence-electron chi connectivity index (χ2n) is 7.81. The molecule has 4 aromatic heterocycles. The number of carboxylic acid groups (broad SMARTS) is 1. The van der Waals surface area contributed by atoms with Crippen LogP contribution in [0.25, 0.3) is 16.9 Å². The summed E-state index contributed by atoms with van der Waals surface area (Å²) in [5.41, 5.74) is 2.92. The smallest absolute Gasteiger partial charge is 0.407 e. The number of pyridine rings is 3. The van der Waals surface area contributed by atoms with Crippen LogP contribution in [0.1, 0.15) is 17.0 Å². The summed E-state index contributed by atoms with van der Waals surface area (Å²) in [7, 11) is 1.90. The Morgan fingerprint density at radius 1 is 1.24 bits per heavy atom. The van der Waals surface area contributed by atoms with Crippen LogP contribution in [0.15, 0.2) is 53.6 Å². The van der Waals surface area contributed by atoms with Gasteiger partial charge in [0.25, 0.3) is 5.56 Å². The molecule has 1 aliphatic rings. The molecule has 1 amide bonds. The van der Waals surface area contributed by atoms with Gasteiger partial charge in [0.1, 0.15) is 29.6 Å². The molecule has 0 unspecified atom stereocenters. The molecule has 5 rings (SSSR count).